The van der Waals surface area contributed by atoms with E-state index >= 15 is 0 Å². The molecule has 5 atom stereocenters. The summed E-state index contributed by atoms with van der Waals surface area (Å²) in [7, 11) is 0. The van der Waals surface area contributed by atoms with Gasteiger partial charge in [0.15, 0.2) is 39.2 Å². The Hall–Kier alpha value is -2.59. The summed E-state index contributed by atoms with van der Waals surface area (Å²) >= 11 is 2.00. The normalized spacial score (nSPS) is 26.0. The van der Waals surface area contributed by atoms with Crippen LogP contribution in [-0.2, 0) is 38.1 Å². The summed E-state index contributed by atoms with van der Waals surface area (Å²) < 4.78 is 29.9. The minimum atomic E-state index is -1.04. The molecule has 4 heterocycles. The molecule has 1 N–H and O–H groups in total. The third kappa shape index (κ3) is 5.98. The quantitative estimate of drug-likeness (QED) is 0.201. The maximum atomic E-state index is 11.9. The van der Waals surface area contributed by atoms with Crippen molar-refractivity contribution in [3.05, 3.63) is 10.2 Å². The van der Waals surface area contributed by atoms with Gasteiger partial charge < -0.3 is 29.0 Å². The molecule has 2 aromatic heterocycles. The van der Waals surface area contributed by atoms with Crippen LogP contribution in [0.3, 0.4) is 0 Å². The van der Waals surface area contributed by atoms with Crippen LogP contribution in [0.25, 0.3) is 11.2 Å². The largest absolute Gasteiger partial charge is 0.463 e. The van der Waals surface area contributed by atoms with Crippen LogP contribution in [0.15, 0.2) is 6.33 Å². The molecular weight excluding hydrogens is 577 g/mol. The zero-order chi connectivity index (χ0) is 25.1. The van der Waals surface area contributed by atoms with Gasteiger partial charge in [-0.15, -0.1) is 0 Å². The summed E-state index contributed by atoms with van der Waals surface area (Å²) in [6.45, 7) is 4.84. The van der Waals surface area contributed by atoms with Crippen molar-refractivity contribution >= 4 is 57.5 Å². The highest BCUT2D eigenvalue weighted by atomic mass is 127. The highest BCUT2D eigenvalue weighted by molar-refractivity contribution is 14.1. The van der Waals surface area contributed by atoms with Crippen LogP contribution in [0.2, 0.25) is 0 Å². The molecule has 0 aromatic carbocycles. The van der Waals surface area contributed by atoms with E-state index in [1.165, 1.54) is 27.1 Å². The van der Waals surface area contributed by atoms with Crippen molar-refractivity contribution in [2.24, 2.45) is 0 Å². The van der Waals surface area contributed by atoms with E-state index in [0.717, 1.165) is 19.4 Å². The summed E-state index contributed by atoms with van der Waals surface area (Å²) in [6.07, 6.45) is -0.315. The van der Waals surface area contributed by atoms with Gasteiger partial charge in [0.05, 0.1) is 12.4 Å². The molecule has 14 heteroatoms. The molecule has 0 radical (unpaired) electrons. The number of fused-ring (bicyclic) bond motifs is 1. The highest BCUT2D eigenvalue weighted by Crippen LogP contribution is 2.36. The zero-order valence-corrected chi connectivity index (χ0v) is 21.6. The van der Waals surface area contributed by atoms with Gasteiger partial charge in [-0.05, 0) is 12.8 Å². The summed E-state index contributed by atoms with van der Waals surface area (Å²) in [4.78, 5) is 48.6. The molecule has 0 saturated carbocycles. The van der Waals surface area contributed by atoms with Crippen LogP contribution < -0.4 is 5.32 Å². The Morgan fingerprint density at radius 1 is 1.14 bits per heavy atom. The van der Waals surface area contributed by atoms with Gasteiger partial charge in [-0.25, -0.2) is 15.0 Å². The number of hydrogen-bond acceptors (Lipinski definition) is 12. The Morgan fingerprint density at radius 3 is 2.54 bits per heavy atom. The molecule has 190 valence electrons. The topological polar surface area (TPSA) is 153 Å². The molecule has 2 fully saturated rings. The molecule has 1 unspecified atom stereocenters. The first-order valence-electron chi connectivity index (χ1n) is 11.1. The second-order valence-corrected chi connectivity index (χ2v) is 9.16. The lowest BCUT2D eigenvalue weighted by molar-refractivity contribution is -0.166. The fourth-order valence-corrected chi connectivity index (χ4v) is 4.60. The molecule has 0 spiro atoms. The number of nitrogens with one attached hydrogen (secondary N) is 1. The number of halogens is 1. The molecule has 0 bridgehead atoms. The second-order valence-electron chi connectivity index (χ2n) is 8.20. The first-order chi connectivity index (χ1) is 16.7. The molecule has 0 aliphatic carbocycles. The maximum Gasteiger partial charge on any atom is 0.303 e. The van der Waals surface area contributed by atoms with Crippen LogP contribution >= 0.6 is 22.6 Å². The Bertz CT molecular complexity index is 1100. The number of anilines is 1. The Morgan fingerprint density at radius 2 is 1.89 bits per heavy atom. The van der Waals surface area contributed by atoms with Crippen molar-refractivity contribution in [2.45, 2.75) is 64.3 Å². The van der Waals surface area contributed by atoms with Gasteiger partial charge in [0, 0.05) is 56.5 Å². The van der Waals surface area contributed by atoms with Crippen LogP contribution in [0.1, 0.15) is 39.8 Å². The first kappa shape index (κ1) is 25.5. The minimum Gasteiger partial charge on any atom is -0.463 e. The molecule has 13 nitrogen and oxygen atoms in total. The molecular formula is C21H26IN5O8. The summed E-state index contributed by atoms with van der Waals surface area (Å²) in [5.74, 6) is -1.19. The number of rotatable bonds is 8. The fraction of sp³-hybridized carbons (Fsp3) is 0.619. The number of carbonyl (C=O) groups is 3. The molecule has 2 aliphatic heterocycles. The lowest BCUT2D eigenvalue weighted by Gasteiger charge is -2.23. The number of nitrogens with zero attached hydrogens (tertiary/aromatic N) is 4. The third-order valence-electron chi connectivity index (χ3n) is 5.53. The number of imidazole rings is 1. The Balaban J connectivity index is 1.67. The fourth-order valence-electron chi connectivity index (χ4n) is 4.13. The number of ether oxygens (including phenoxy) is 5. The van der Waals surface area contributed by atoms with Gasteiger partial charge in [-0.3, -0.25) is 19.0 Å². The SMILES string of the molecule is CC(=O)OC[C@H]1O[C@@H](n2cnc3c(NCC4CCCO4)nc(I)nc32)[C@H](OC(C)=O)[C@@H]1OC(C)=O. The van der Waals surface area contributed by atoms with Crippen LogP contribution in [0.5, 0.6) is 0 Å². The Kier molecular flexibility index (Phi) is 8.01. The summed E-state index contributed by atoms with van der Waals surface area (Å²) in [5, 5.41) is 3.28. The third-order valence-corrected chi connectivity index (χ3v) is 6.01. The van der Waals surface area contributed by atoms with Gasteiger partial charge in [-0.1, -0.05) is 0 Å². The zero-order valence-electron chi connectivity index (χ0n) is 19.4. The van der Waals surface area contributed by atoms with E-state index in [0.29, 0.717) is 27.4 Å². The first-order valence-corrected chi connectivity index (χ1v) is 12.2. The standard InChI is InChI=1S/C21H26IN5O8/c1-10(28)32-8-14-16(33-11(2)29)17(34-12(3)30)20(35-14)27-9-24-15-18(25-21(22)26-19(15)27)23-7-13-5-4-6-31-13/h9,13-14,16-17,20H,4-8H2,1-3H3,(H,23,25,26)/t13?,14-,16-,17-,20-/m1/s1. The number of hydrogen-bond donors (Lipinski definition) is 1. The van der Waals surface area contributed by atoms with E-state index in [1.807, 2.05) is 22.6 Å². The average molecular weight is 603 g/mol. The number of esters is 3. The maximum absolute atomic E-state index is 11.9. The average Bonchev–Trinajstić information content (AvgIpc) is 3.50. The molecule has 2 aromatic rings. The summed E-state index contributed by atoms with van der Waals surface area (Å²) in [6, 6.07) is 0. The van der Waals surface area contributed by atoms with Gasteiger partial charge in [-0.2, -0.15) is 0 Å². The van der Waals surface area contributed by atoms with Gasteiger partial charge in [0.1, 0.15) is 12.7 Å². The van der Waals surface area contributed by atoms with Gasteiger partial charge in [0.2, 0.25) is 0 Å². The van der Waals surface area contributed by atoms with Gasteiger partial charge >= 0.3 is 17.9 Å². The van der Waals surface area contributed by atoms with Crippen LogP contribution in [0.4, 0.5) is 5.82 Å². The lowest BCUT2D eigenvalue weighted by Crippen LogP contribution is -2.40. The monoisotopic (exact) mass is 603 g/mol. The molecule has 2 aliphatic rings. The van der Waals surface area contributed by atoms with Crippen molar-refractivity contribution in [3.63, 3.8) is 0 Å². The van der Waals surface area contributed by atoms with E-state index in [4.69, 9.17) is 23.7 Å². The number of aromatic nitrogens is 4. The van der Waals surface area contributed by atoms with Crippen molar-refractivity contribution in [2.75, 3.05) is 25.1 Å². The highest BCUT2D eigenvalue weighted by Gasteiger charge is 2.51. The van der Waals surface area contributed by atoms with Crippen molar-refractivity contribution in [1.82, 2.24) is 19.5 Å². The molecule has 2 saturated heterocycles. The smallest absolute Gasteiger partial charge is 0.303 e. The van der Waals surface area contributed by atoms with E-state index in [-0.39, 0.29) is 12.7 Å². The predicted octanol–water partition coefficient (Wildman–Crippen LogP) is 1.35. The van der Waals surface area contributed by atoms with Gasteiger partial charge in [0.25, 0.3) is 0 Å². The van der Waals surface area contributed by atoms with Crippen LogP contribution in [0, 0.1) is 3.83 Å². The second kappa shape index (κ2) is 11.0. The number of carbonyl (C=O) groups excluding carboxylic acids is 3. The van der Waals surface area contributed by atoms with Crippen molar-refractivity contribution in [3.8, 4) is 0 Å². The molecule has 0 amide bonds. The minimum absolute atomic E-state index is 0.0952. The van der Waals surface area contributed by atoms with Crippen LogP contribution in [-0.4, -0.2) is 81.6 Å². The van der Waals surface area contributed by atoms with Crippen molar-refractivity contribution in [1.29, 1.82) is 0 Å². The van der Waals surface area contributed by atoms with E-state index in [9.17, 15) is 14.4 Å². The van der Waals surface area contributed by atoms with Crippen molar-refractivity contribution < 1.29 is 38.1 Å². The van der Waals surface area contributed by atoms with E-state index in [1.54, 1.807) is 4.57 Å². The Labute approximate surface area is 214 Å². The lowest BCUT2D eigenvalue weighted by atomic mass is 10.1. The van der Waals surface area contributed by atoms with E-state index < -0.39 is 42.4 Å². The molecule has 4 rings (SSSR count). The summed E-state index contributed by atoms with van der Waals surface area (Å²) in [5.41, 5.74) is 0.914. The van der Waals surface area contributed by atoms with E-state index in [2.05, 4.69) is 20.3 Å². The molecule has 35 heavy (non-hydrogen) atoms. The predicted molar refractivity (Wildman–Crippen MR) is 127 cm³/mol.